The molecule has 0 amide bonds. The second-order valence-electron chi connectivity index (χ2n) is 6.56. The van der Waals surface area contributed by atoms with Gasteiger partial charge in [-0.2, -0.15) is 5.10 Å². The summed E-state index contributed by atoms with van der Waals surface area (Å²) >= 11 is 0. The Labute approximate surface area is 145 Å². The molecule has 2 aromatic heterocycles. The van der Waals surface area contributed by atoms with Crippen molar-refractivity contribution in [1.29, 1.82) is 0 Å². The monoisotopic (exact) mass is 339 g/mol. The standard InChI is InChI=1S/C18H21N5O2/c1-22-17(19-13-20-22)18(24)7-9-23(10-8-18)12-15-11-16(21-25-15)14-5-3-2-4-6-14/h2-6,11,13,24H,7-10,12H2,1H3. The van der Waals surface area contributed by atoms with E-state index < -0.39 is 5.60 Å². The molecule has 7 nitrogen and oxygen atoms in total. The fourth-order valence-electron chi connectivity index (χ4n) is 3.38. The number of rotatable bonds is 4. The van der Waals surface area contributed by atoms with E-state index in [1.54, 1.807) is 4.68 Å². The van der Waals surface area contributed by atoms with Gasteiger partial charge in [0.05, 0.1) is 6.54 Å². The molecule has 0 radical (unpaired) electrons. The zero-order chi connectivity index (χ0) is 17.3. The smallest absolute Gasteiger partial charge is 0.158 e. The van der Waals surface area contributed by atoms with Gasteiger partial charge in [-0.05, 0) is 12.8 Å². The predicted octanol–water partition coefficient (Wildman–Crippen LogP) is 1.95. The lowest BCUT2D eigenvalue weighted by Crippen LogP contribution is -2.43. The van der Waals surface area contributed by atoms with Crippen LogP contribution in [0.4, 0.5) is 0 Å². The first-order valence-corrected chi connectivity index (χ1v) is 8.44. The number of piperidine rings is 1. The molecule has 1 aliphatic heterocycles. The first kappa shape index (κ1) is 16.0. The van der Waals surface area contributed by atoms with Gasteiger partial charge in [0.25, 0.3) is 0 Å². The van der Waals surface area contributed by atoms with Crippen LogP contribution in [0.3, 0.4) is 0 Å². The van der Waals surface area contributed by atoms with Crippen molar-refractivity contribution in [2.75, 3.05) is 13.1 Å². The molecule has 130 valence electrons. The van der Waals surface area contributed by atoms with Crippen LogP contribution in [-0.2, 0) is 19.2 Å². The van der Waals surface area contributed by atoms with E-state index in [0.29, 0.717) is 25.2 Å². The Kier molecular flexibility index (Phi) is 4.10. The van der Waals surface area contributed by atoms with E-state index in [9.17, 15) is 5.11 Å². The fourth-order valence-corrected chi connectivity index (χ4v) is 3.38. The summed E-state index contributed by atoms with van der Waals surface area (Å²) in [7, 11) is 1.81. The first-order chi connectivity index (χ1) is 12.1. The number of benzene rings is 1. The number of aromatic nitrogens is 4. The average Bonchev–Trinajstić information content (AvgIpc) is 3.27. The summed E-state index contributed by atoms with van der Waals surface area (Å²) in [5.74, 6) is 1.47. The van der Waals surface area contributed by atoms with Crippen molar-refractivity contribution >= 4 is 0 Å². The summed E-state index contributed by atoms with van der Waals surface area (Å²) in [6.07, 6.45) is 2.73. The Morgan fingerprint density at radius 1 is 1.20 bits per heavy atom. The van der Waals surface area contributed by atoms with Crippen molar-refractivity contribution in [3.8, 4) is 11.3 Å². The zero-order valence-electron chi connectivity index (χ0n) is 14.2. The van der Waals surface area contributed by atoms with Crippen molar-refractivity contribution in [1.82, 2.24) is 24.8 Å². The largest absolute Gasteiger partial charge is 0.382 e. The van der Waals surface area contributed by atoms with Gasteiger partial charge in [0, 0.05) is 31.8 Å². The summed E-state index contributed by atoms with van der Waals surface area (Å²) in [6.45, 7) is 2.23. The number of nitrogens with zero attached hydrogens (tertiary/aromatic N) is 5. The van der Waals surface area contributed by atoms with Gasteiger partial charge in [0.15, 0.2) is 11.6 Å². The number of likely N-dealkylation sites (tertiary alicyclic amines) is 1. The van der Waals surface area contributed by atoms with Crippen molar-refractivity contribution < 1.29 is 9.63 Å². The molecule has 1 N–H and O–H groups in total. The molecule has 0 bridgehead atoms. The Hall–Kier alpha value is -2.51. The van der Waals surface area contributed by atoms with E-state index in [1.807, 2.05) is 43.4 Å². The maximum Gasteiger partial charge on any atom is 0.158 e. The Morgan fingerprint density at radius 3 is 2.64 bits per heavy atom. The van der Waals surface area contributed by atoms with Gasteiger partial charge in [-0.3, -0.25) is 9.58 Å². The van der Waals surface area contributed by atoms with Crippen molar-refractivity contribution in [3.05, 3.63) is 54.3 Å². The summed E-state index contributed by atoms with van der Waals surface area (Å²) in [5, 5.41) is 19.1. The van der Waals surface area contributed by atoms with Crippen LogP contribution in [0.25, 0.3) is 11.3 Å². The summed E-state index contributed by atoms with van der Waals surface area (Å²) < 4.78 is 7.14. The van der Waals surface area contributed by atoms with Gasteiger partial charge in [-0.25, -0.2) is 4.98 Å². The molecule has 3 heterocycles. The second kappa shape index (κ2) is 6.42. The van der Waals surface area contributed by atoms with Crippen LogP contribution >= 0.6 is 0 Å². The van der Waals surface area contributed by atoms with Crippen LogP contribution in [0.2, 0.25) is 0 Å². The number of aryl methyl sites for hydroxylation is 1. The quantitative estimate of drug-likeness (QED) is 0.783. The molecule has 0 spiro atoms. The minimum atomic E-state index is -0.904. The number of aliphatic hydroxyl groups is 1. The molecule has 4 rings (SSSR count). The average molecular weight is 339 g/mol. The van der Waals surface area contributed by atoms with E-state index >= 15 is 0 Å². The highest BCUT2D eigenvalue weighted by Gasteiger charge is 2.37. The lowest BCUT2D eigenvalue weighted by Gasteiger charge is -2.36. The van der Waals surface area contributed by atoms with Crippen LogP contribution in [0.1, 0.15) is 24.4 Å². The molecule has 0 unspecified atom stereocenters. The predicted molar refractivity (Wildman–Crippen MR) is 91.3 cm³/mol. The molecule has 7 heteroatoms. The van der Waals surface area contributed by atoms with Crippen LogP contribution in [0.15, 0.2) is 47.2 Å². The van der Waals surface area contributed by atoms with Gasteiger partial charge in [-0.15, -0.1) is 0 Å². The van der Waals surface area contributed by atoms with Gasteiger partial charge < -0.3 is 9.63 Å². The molecule has 1 fully saturated rings. The SMILES string of the molecule is Cn1ncnc1C1(O)CCN(Cc2cc(-c3ccccc3)no2)CC1. The lowest BCUT2D eigenvalue weighted by atomic mass is 9.90. The maximum atomic E-state index is 10.9. The first-order valence-electron chi connectivity index (χ1n) is 8.44. The third-order valence-corrected chi connectivity index (χ3v) is 4.82. The Bertz CT molecular complexity index is 834. The minimum Gasteiger partial charge on any atom is -0.382 e. The van der Waals surface area contributed by atoms with E-state index in [4.69, 9.17) is 4.52 Å². The molecule has 3 aromatic rings. The molecule has 25 heavy (non-hydrogen) atoms. The highest BCUT2D eigenvalue weighted by molar-refractivity contribution is 5.58. The van der Waals surface area contributed by atoms with E-state index in [0.717, 1.165) is 30.1 Å². The Balaban J connectivity index is 1.39. The van der Waals surface area contributed by atoms with Gasteiger partial charge in [0.1, 0.15) is 17.6 Å². The molecular weight excluding hydrogens is 318 g/mol. The molecule has 0 atom stereocenters. The topological polar surface area (TPSA) is 80.2 Å². The molecule has 1 aromatic carbocycles. The summed E-state index contributed by atoms with van der Waals surface area (Å²) in [5.41, 5.74) is 0.995. The van der Waals surface area contributed by atoms with Crippen LogP contribution < -0.4 is 0 Å². The van der Waals surface area contributed by atoms with Crippen molar-refractivity contribution in [2.45, 2.75) is 25.0 Å². The van der Waals surface area contributed by atoms with E-state index in [1.165, 1.54) is 6.33 Å². The third-order valence-electron chi connectivity index (χ3n) is 4.82. The summed E-state index contributed by atoms with van der Waals surface area (Å²) in [4.78, 5) is 6.48. The number of hydrogen-bond donors (Lipinski definition) is 1. The minimum absolute atomic E-state index is 0.624. The van der Waals surface area contributed by atoms with Gasteiger partial charge in [-0.1, -0.05) is 35.5 Å². The van der Waals surface area contributed by atoms with Crippen molar-refractivity contribution in [3.63, 3.8) is 0 Å². The van der Waals surface area contributed by atoms with Crippen LogP contribution in [0, 0.1) is 0 Å². The molecular formula is C18H21N5O2. The molecule has 0 saturated carbocycles. The highest BCUT2D eigenvalue weighted by Crippen LogP contribution is 2.31. The molecule has 1 aliphatic rings. The summed E-state index contributed by atoms with van der Waals surface area (Å²) in [6, 6.07) is 12.0. The van der Waals surface area contributed by atoms with E-state index in [-0.39, 0.29) is 0 Å². The van der Waals surface area contributed by atoms with Crippen LogP contribution in [-0.4, -0.2) is 43.0 Å². The van der Waals surface area contributed by atoms with Gasteiger partial charge in [0.2, 0.25) is 0 Å². The molecule has 1 saturated heterocycles. The van der Waals surface area contributed by atoms with E-state index in [2.05, 4.69) is 20.1 Å². The maximum absolute atomic E-state index is 10.9. The lowest BCUT2D eigenvalue weighted by molar-refractivity contribution is -0.0385. The fraction of sp³-hybridized carbons (Fsp3) is 0.389. The Morgan fingerprint density at radius 2 is 1.96 bits per heavy atom. The van der Waals surface area contributed by atoms with Gasteiger partial charge >= 0.3 is 0 Å². The highest BCUT2D eigenvalue weighted by atomic mass is 16.5. The third kappa shape index (κ3) is 3.20. The zero-order valence-corrected chi connectivity index (χ0v) is 14.2. The second-order valence-corrected chi connectivity index (χ2v) is 6.56. The normalized spacial score (nSPS) is 17.7. The van der Waals surface area contributed by atoms with Crippen LogP contribution in [0.5, 0.6) is 0 Å². The number of hydrogen-bond acceptors (Lipinski definition) is 6. The van der Waals surface area contributed by atoms with Crippen molar-refractivity contribution in [2.24, 2.45) is 7.05 Å². The molecule has 0 aliphatic carbocycles.